The van der Waals surface area contributed by atoms with E-state index >= 15 is 0 Å². The Labute approximate surface area is 103 Å². The molecule has 88 valence electrons. The minimum atomic E-state index is -0.636. The highest BCUT2D eigenvalue weighted by molar-refractivity contribution is 5.75. The molecule has 0 heterocycles. The van der Waals surface area contributed by atoms with Crippen LogP contribution in [0.2, 0.25) is 0 Å². The molecule has 1 nitrogen and oxygen atoms in total. The first-order valence-corrected chi connectivity index (χ1v) is 5.66. The van der Waals surface area contributed by atoms with Gasteiger partial charge in [-0.15, -0.1) is 0 Å². The monoisotopic (exact) mass is 226 g/mol. The number of benzene rings is 1. The number of hydrogen-bond acceptors (Lipinski definition) is 1. The van der Waals surface area contributed by atoms with Gasteiger partial charge in [0.2, 0.25) is 0 Å². The van der Waals surface area contributed by atoms with Gasteiger partial charge in [0.15, 0.2) is 0 Å². The summed E-state index contributed by atoms with van der Waals surface area (Å²) in [5, 5.41) is 0. The predicted octanol–water partition coefficient (Wildman–Crippen LogP) is 3.83. The van der Waals surface area contributed by atoms with Crippen molar-refractivity contribution in [1.29, 1.82) is 0 Å². The maximum Gasteiger partial charge on any atom is 0.134 e. The van der Waals surface area contributed by atoms with Crippen molar-refractivity contribution in [3.8, 4) is 0 Å². The van der Waals surface area contributed by atoms with Crippen LogP contribution in [0.4, 0.5) is 0 Å². The third-order valence-electron chi connectivity index (χ3n) is 2.90. The van der Waals surface area contributed by atoms with Gasteiger partial charge in [0, 0.05) is 0 Å². The smallest absolute Gasteiger partial charge is 0.134 e. The molecular weight excluding hydrogens is 208 g/mol. The van der Waals surface area contributed by atoms with Crippen molar-refractivity contribution >= 4 is 6.29 Å². The minimum Gasteiger partial charge on any atom is -0.302 e. The second-order valence-corrected chi connectivity index (χ2v) is 4.04. The van der Waals surface area contributed by atoms with Crippen LogP contribution in [0.5, 0.6) is 0 Å². The molecule has 1 atom stereocenters. The van der Waals surface area contributed by atoms with Crippen molar-refractivity contribution in [3.63, 3.8) is 0 Å². The third-order valence-corrected chi connectivity index (χ3v) is 2.90. The number of allylic oxidation sites excluding steroid dienone is 5. The van der Waals surface area contributed by atoms with Crippen molar-refractivity contribution in [2.45, 2.75) is 19.3 Å². The predicted molar refractivity (Wildman–Crippen MR) is 73.0 cm³/mol. The highest BCUT2D eigenvalue weighted by Gasteiger charge is 2.28. The van der Waals surface area contributed by atoms with Gasteiger partial charge in [-0.3, -0.25) is 0 Å². The normalized spacial score (nSPS) is 15.5. The Bertz CT molecular complexity index is 440. The molecule has 0 aliphatic rings. The summed E-state index contributed by atoms with van der Waals surface area (Å²) in [6.07, 6.45) is 8.48. The van der Waals surface area contributed by atoms with Gasteiger partial charge in [0.1, 0.15) is 6.29 Å². The van der Waals surface area contributed by atoms with Gasteiger partial charge < -0.3 is 4.79 Å². The lowest BCUT2D eigenvalue weighted by Gasteiger charge is -2.25. The molecule has 1 rings (SSSR count). The SMILES string of the molecule is C=C/C(=C\C=C/C)C(C)(C=O)c1ccccc1. The molecule has 0 aliphatic carbocycles. The van der Waals surface area contributed by atoms with Crippen molar-refractivity contribution in [2.75, 3.05) is 0 Å². The van der Waals surface area contributed by atoms with Crippen LogP contribution in [0.25, 0.3) is 0 Å². The highest BCUT2D eigenvalue weighted by atomic mass is 16.1. The largest absolute Gasteiger partial charge is 0.302 e. The van der Waals surface area contributed by atoms with E-state index in [9.17, 15) is 4.79 Å². The highest BCUT2D eigenvalue weighted by Crippen LogP contribution is 2.30. The van der Waals surface area contributed by atoms with Gasteiger partial charge >= 0.3 is 0 Å². The molecule has 1 unspecified atom stereocenters. The fraction of sp³-hybridized carbons (Fsp3) is 0.188. The zero-order valence-corrected chi connectivity index (χ0v) is 10.4. The van der Waals surface area contributed by atoms with Crippen molar-refractivity contribution < 1.29 is 4.79 Å². The van der Waals surface area contributed by atoms with Crippen LogP contribution in [0.3, 0.4) is 0 Å². The van der Waals surface area contributed by atoms with Crippen LogP contribution in [0.1, 0.15) is 19.4 Å². The second-order valence-electron chi connectivity index (χ2n) is 4.04. The average molecular weight is 226 g/mol. The molecule has 0 saturated heterocycles. The number of hydrogen-bond donors (Lipinski definition) is 0. The van der Waals surface area contributed by atoms with Crippen LogP contribution in [-0.4, -0.2) is 6.29 Å². The van der Waals surface area contributed by atoms with Gasteiger partial charge in [0.25, 0.3) is 0 Å². The zero-order valence-electron chi connectivity index (χ0n) is 10.4. The van der Waals surface area contributed by atoms with Gasteiger partial charge in [-0.25, -0.2) is 0 Å². The summed E-state index contributed by atoms with van der Waals surface area (Å²) in [4.78, 5) is 11.5. The summed E-state index contributed by atoms with van der Waals surface area (Å²) in [5.74, 6) is 0. The van der Waals surface area contributed by atoms with Crippen LogP contribution in [0, 0.1) is 0 Å². The Morgan fingerprint density at radius 1 is 1.29 bits per heavy atom. The Kier molecular flexibility index (Phi) is 4.65. The molecule has 1 aromatic rings. The fourth-order valence-corrected chi connectivity index (χ4v) is 1.74. The molecule has 0 spiro atoms. The van der Waals surface area contributed by atoms with E-state index in [1.54, 1.807) is 6.08 Å². The van der Waals surface area contributed by atoms with E-state index < -0.39 is 5.41 Å². The first kappa shape index (κ1) is 13.2. The third kappa shape index (κ3) is 2.82. The van der Waals surface area contributed by atoms with E-state index in [1.807, 2.05) is 62.4 Å². The Hall–Kier alpha value is -1.89. The number of aldehydes is 1. The van der Waals surface area contributed by atoms with E-state index in [1.165, 1.54) is 0 Å². The molecule has 1 aromatic carbocycles. The maximum atomic E-state index is 11.5. The summed E-state index contributed by atoms with van der Waals surface area (Å²) in [6.45, 7) is 7.64. The van der Waals surface area contributed by atoms with Crippen LogP contribution in [0.15, 0.2) is 66.8 Å². The molecule has 0 bridgehead atoms. The molecule has 0 N–H and O–H groups in total. The maximum absolute atomic E-state index is 11.5. The quantitative estimate of drug-likeness (QED) is 0.551. The van der Waals surface area contributed by atoms with E-state index in [0.717, 1.165) is 17.4 Å². The average Bonchev–Trinajstić information content (AvgIpc) is 2.40. The molecule has 0 amide bonds. The summed E-state index contributed by atoms with van der Waals surface area (Å²) < 4.78 is 0. The number of carbonyl (C=O) groups excluding carboxylic acids is 1. The van der Waals surface area contributed by atoms with E-state index in [-0.39, 0.29) is 0 Å². The molecule has 0 fully saturated rings. The lowest BCUT2D eigenvalue weighted by atomic mass is 9.77. The van der Waals surface area contributed by atoms with Gasteiger partial charge in [-0.1, -0.05) is 61.2 Å². The van der Waals surface area contributed by atoms with E-state index in [4.69, 9.17) is 0 Å². The van der Waals surface area contributed by atoms with E-state index in [0.29, 0.717) is 0 Å². The van der Waals surface area contributed by atoms with Crippen molar-refractivity contribution in [2.24, 2.45) is 0 Å². The second kappa shape index (κ2) is 6.00. The summed E-state index contributed by atoms with van der Waals surface area (Å²) in [5.41, 5.74) is 1.24. The summed E-state index contributed by atoms with van der Waals surface area (Å²) in [6, 6.07) is 9.74. The van der Waals surface area contributed by atoms with Gasteiger partial charge in [-0.2, -0.15) is 0 Å². The van der Waals surface area contributed by atoms with Crippen molar-refractivity contribution in [1.82, 2.24) is 0 Å². The molecule has 0 aromatic heterocycles. The van der Waals surface area contributed by atoms with E-state index in [2.05, 4.69) is 6.58 Å². The molecule has 1 heteroatoms. The fourth-order valence-electron chi connectivity index (χ4n) is 1.74. The molecule has 0 radical (unpaired) electrons. The Morgan fingerprint density at radius 2 is 1.94 bits per heavy atom. The Morgan fingerprint density at radius 3 is 2.41 bits per heavy atom. The van der Waals surface area contributed by atoms with Crippen molar-refractivity contribution in [3.05, 3.63) is 72.4 Å². The van der Waals surface area contributed by atoms with Gasteiger partial charge in [0.05, 0.1) is 5.41 Å². The van der Waals surface area contributed by atoms with Crippen LogP contribution in [-0.2, 0) is 10.2 Å². The number of rotatable bonds is 5. The molecule has 0 aliphatic heterocycles. The standard InChI is InChI=1S/C16H18O/c1-4-6-10-14(5-2)16(3,13-17)15-11-8-7-9-12-15/h4-13H,2H2,1,3H3/b6-4-,14-10+. The van der Waals surface area contributed by atoms with Gasteiger partial charge in [-0.05, 0) is 25.0 Å². The van der Waals surface area contributed by atoms with Crippen LogP contribution >= 0.6 is 0 Å². The summed E-state index contributed by atoms with van der Waals surface area (Å²) >= 11 is 0. The first-order chi connectivity index (χ1) is 8.19. The lowest BCUT2D eigenvalue weighted by Crippen LogP contribution is -2.25. The minimum absolute atomic E-state index is 0.636. The topological polar surface area (TPSA) is 17.1 Å². The summed E-state index contributed by atoms with van der Waals surface area (Å²) in [7, 11) is 0. The molecular formula is C16H18O. The zero-order chi connectivity index (χ0) is 12.7. The molecule has 17 heavy (non-hydrogen) atoms. The first-order valence-electron chi connectivity index (χ1n) is 5.66. The number of carbonyl (C=O) groups is 1. The van der Waals surface area contributed by atoms with Crippen LogP contribution < -0.4 is 0 Å². The lowest BCUT2D eigenvalue weighted by molar-refractivity contribution is -0.111. The molecule has 0 saturated carbocycles. The Balaban J connectivity index is 3.28.